The standard InChI is InChI=1S/C14H21N5/c1-6-15-14-10(4)12(11-7-8-19(5)18-11)16-13(17-14)9(2)3/h7-9H,6H2,1-5H3,(H,15,16,17). The average molecular weight is 259 g/mol. The quantitative estimate of drug-likeness (QED) is 0.917. The Hall–Kier alpha value is -1.91. The molecule has 2 aromatic rings. The lowest BCUT2D eigenvalue weighted by Gasteiger charge is -2.13. The van der Waals surface area contributed by atoms with Gasteiger partial charge < -0.3 is 5.32 Å². The molecule has 5 nitrogen and oxygen atoms in total. The maximum absolute atomic E-state index is 4.67. The second kappa shape index (κ2) is 5.38. The largest absolute Gasteiger partial charge is 0.370 e. The van der Waals surface area contributed by atoms with Crippen LogP contribution in [0, 0.1) is 6.92 Å². The maximum Gasteiger partial charge on any atom is 0.134 e. The first kappa shape index (κ1) is 13.5. The minimum absolute atomic E-state index is 0.292. The highest BCUT2D eigenvalue weighted by Gasteiger charge is 2.15. The Morgan fingerprint density at radius 3 is 2.58 bits per heavy atom. The minimum atomic E-state index is 0.292. The van der Waals surface area contributed by atoms with Gasteiger partial charge in [-0.2, -0.15) is 5.10 Å². The van der Waals surface area contributed by atoms with Gasteiger partial charge in [-0.3, -0.25) is 4.68 Å². The fourth-order valence-corrected chi connectivity index (χ4v) is 1.92. The summed E-state index contributed by atoms with van der Waals surface area (Å²) in [5, 5.41) is 7.74. The summed E-state index contributed by atoms with van der Waals surface area (Å²) in [7, 11) is 1.91. The van der Waals surface area contributed by atoms with Crippen LogP contribution in [0.5, 0.6) is 0 Å². The van der Waals surface area contributed by atoms with Gasteiger partial charge in [0.2, 0.25) is 0 Å². The molecule has 19 heavy (non-hydrogen) atoms. The van der Waals surface area contributed by atoms with Gasteiger partial charge in [-0.05, 0) is 19.9 Å². The molecule has 2 aromatic heterocycles. The number of hydrogen-bond donors (Lipinski definition) is 1. The predicted molar refractivity (Wildman–Crippen MR) is 77.2 cm³/mol. The van der Waals surface area contributed by atoms with E-state index in [1.165, 1.54) is 0 Å². The van der Waals surface area contributed by atoms with Gasteiger partial charge in [0.25, 0.3) is 0 Å². The summed E-state index contributed by atoms with van der Waals surface area (Å²) in [5.41, 5.74) is 2.85. The molecular formula is C14H21N5. The molecule has 0 radical (unpaired) electrons. The van der Waals surface area contributed by atoms with Gasteiger partial charge in [0.1, 0.15) is 17.3 Å². The van der Waals surface area contributed by atoms with E-state index >= 15 is 0 Å². The minimum Gasteiger partial charge on any atom is -0.370 e. The van der Waals surface area contributed by atoms with Crippen molar-refractivity contribution in [3.8, 4) is 11.4 Å². The van der Waals surface area contributed by atoms with Gasteiger partial charge >= 0.3 is 0 Å². The highest BCUT2D eigenvalue weighted by atomic mass is 15.3. The molecule has 0 bridgehead atoms. The van der Waals surface area contributed by atoms with Crippen LogP contribution in [0.4, 0.5) is 5.82 Å². The van der Waals surface area contributed by atoms with Crippen molar-refractivity contribution in [1.82, 2.24) is 19.7 Å². The van der Waals surface area contributed by atoms with E-state index in [2.05, 4.69) is 41.2 Å². The second-order valence-electron chi connectivity index (χ2n) is 4.96. The van der Waals surface area contributed by atoms with Gasteiger partial charge in [0.05, 0.1) is 5.69 Å². The van der Waals surface area contributed by atoms with Crippen LogP contribution in [0.15, 0.2) is 12.3 Å². The summed E-state index contributed by atoms with van der Waals surface area (Å²) < 4.78 is 1.79. The highest BCUT2D eigenvalue weighted by Crippen LogP contribution is 2.26. The Balaban J connectivity index is 2.58. The maximum atomic E-state index is 4.67. The van der Waals surface area contributed by atoms with Gasteiger partial charge in [-0.25, -0.2) is 9.97 Å². The zero-order chi connectivity index (χ0) is 14.0. The Morgan fingerprint density at radius 2 is 2.05 bits per heavy atom. The lowest BCUT2D eigenvalue weighted by molar-refractivity contribution is 0.759. The lowest BCUT2D eigenvalue weighted by atomic mass is 10.1. The van der Waals surface area contributed by atoms with Crippen LogP contribution in [0.2, 0.25) is 0 Å². The molecular weight excluding hydrogens is 238 g/mol. The fourth-order valence-electron chi connectivity index (χ4n) is 1.92. The number of nitrogens with zero attached hydrogens (tertiary/aromatic N) is 4. The van der Waals surface area contributed by atoms with E-state index < -0.39 is 0 Å². The van der Waals surface area contributed by atoms with E-state index in [0.717, 1.165) is 35.1 Å². The van der Waals surface area contributed by atoms with Crippen molar-refractivity contribution in [3.05, 3.63) is 23.7 Å². The number of aromatic nitrogens is 4. The van der Waals surface area contributed by atoms with E-state index in [1.807, 2.05) is 26.2 Å². The van der Waals surface area contributed by atoms with Crippen LogP contribution in [-0.4, -0.2) is 26.3 Å². The molecule has 2 rings (SSSR count). The first-order valence-corrected chi connectivity index (χ1v) is 6.65. The molecule has 0 unspecified atom stereocenters. The van der Waals surface area contributed by atoms with Gasteiger partial charge in [0.15, 0.2) is 0 Å². The molecule has 102 valence electrons. The molecule has 0 fully saturated rings. The summed E-state index contributed by atoms with van der Waals surface area (Å²) in [4.78, 5) is 9.27. The van der Waals surface area contributed by atoms with Crippen molar-refractivity contribution in [3.63, 3.8) is 0 Å². The first-order valence-electron chi connectivity index (χ1n) is 6.65. The molecule has 0 aliphatic carbocycles. The Kier molecular flexibility index (Phi) is 3.83. The Bertz CT molecular complexity index is 571. The van der Waals surface area contributed by atoms with Gasteiger partial charge in [-0.15, -0.1) is 0 Å². The summed E-state index contributed by atoms with van der Waals surface area (Å²) in [5.74, 6) is 2.05. The molecule has 0 aliphatic heterocycles. The van der Waals surface area contributed by atoms with Crippen LogP contribution in [0.1, 0.15) is 38.1 Å². The third-order valence-corrected chi connectivity index (χ3v) is 2.98. The third-order valence-electron chi connectivity index (χ3n) is 2.98. The molecule has 0 amide bonds. The zero-order valence-corrected chi connectivity index (χ0v) is 12.2. The van der Waals surface area contributed by atoms with E-state index in [-0.39, 0.29) is 0 Å². The molecule has 2 heterocycles. The smallest absolute Gasteiger partial charge is 0.134 e. The molecule has 5 heteroatoms. The molecule has 0 saturated carbocycles. The third kappa shape index (κ3) is 2.75. The van der Waals surface area contributed by atoms with Crippen molar-refractivity contribution in [1.29, 1.82) is 0 Å². The van der Waals surface area contributed by atoms with E-state index in [1.54, 1.807) is 4.68 Å². The second-order valence-corrected chi connectivity index (χ2v) is 4.96. The van der Waals surface area contributed by atoms with Crippen molar-refractivity contribution >= 4 is 5.82 Å². The first-order chi connectivity index (χ1) is 9.02. The Morgan fingerprint density at radius 1 is 1.32 bits per heavy atom. The number of hydrogen-bond acceptors (Lipinski definition) is 4. The van der Waals surface area contributed by atoms with Gasteiger partial charge in [-0.1, -0.05) is 13.8 Å². The lowest BCUT2D eigenvalue weighted by Crippen LogP contribution is -2.09. The summed E-state index contributed by atoms with van der Waals surface area (Å²) >= 11 is 0. The van der Waals surface area contributed by atoms with Gasteiger partial charge in [0, 0.05) is 31.3 Å². The molecule has 1 N–H and O–H groups in total. The van der Waals surface area contributed by atoms with E-state index in [0.29, 0.717) is 5.92 Å². The molecule has 0 spiro atoms. The van der Waals surface area contributed by atoms with Crippen LogP contribution < -0.4 is 5.32 Å². The molecule has 0 atom stereocenters. The SMILES string of the molecule is CCNc1nc(C(C)C)nc(-c2ccn(C)n2)c1C. The molecule has 0 saturated heterocycles. The summed E-state index contributed by atoms with van der Waals surface area (Å²) in [6, 6.07) is 1.98. The zero-order valence-electron chi connectivity index (χ0n) is 12.2. The Labute approximate surface area is 114 Å². The summed E-state index contributed by atoms with van der Waals surface area (Å²) in [6.07, 6.45) is 1.93. The van der Waals surface area contributed by atoms with Crippen molar-refractivity contribution in [2.75, 3.05) is 11.9 Å². The summed E-state index contributed by atoms with van der Waals surface area (Å²) in [6.45, 7) is 9.14. The molecule has 0 aliphatic rings. The van der Waals surface area contributed by atoms with Crippen molar-refractivity contribution in [2.24, 2.45) is 7.05 Å². The highest BCUT2D eigenvalue weighted by molar-refractivity contribution is 5.65. The topological polar surface area (TPSA) is 55.6 Å². The van der Waals surface area contributed by atoms with Crippen LogP contribution >= 0.6 is 0 Å². The van der Waals surface area contributed by atoms with Crippen LogP contribution in [-0.2, 0) is 7.05 Å². The van der Waals surface area contributed by atoms with Crippen LogP contribution in [0.25, 0.3) is 11.4 Å². The normalized spacial score (nSPS) is 11.1. The average Bonchev–Trinajstić information content (AvgIpc) is 2.78. The van der Waals surface area contributed by atoms with Crippen LogP contribution in [0.3, 0.4) is 0 Å². The van der Waals surface area contributed by atoms with Crippen molar-refractivity contribution < 1.29 is 0 Å². The van der Waals surface area contributed by atoms with Crippen molar-refractivity contribution in [2.45, 2.75) is 33.6 Å². The van der Waals surface area contributed by atoms with E-state index in [9.17, 15) is 0 Å². The monoisotopic (exact) mass is 259 g/mol. The number of nitrogens with one attached hydrogen (secondary N) is 1. The number of aryl methyl sites for hydroxylation is 1. The molecule has 0 aromatic carbocycles. The number of rotatable bonds is 4. The number of anilines is 1. The fraction of sp³-hybridized carbons (Fsp3) is 0.500. The predicted octanol–water partition coefficient (Wildman–Crippen LogP) is 2.74. The van der Waals surface area contributed by atoms with E-state index in [4.69, 9.17) is 0 Å².